The Morgan fingerprint density at radius 2 is 1.90 bits per heavy atom. The van der Waals surface area contributed by atoms with Crippen LogP contribution in [0.4, 0.5) is 4.79 Å². The third-order valence-corrected chi connectivity index (χ3v) is 3.19. The van der Waals surface area contributed by atoms with E-state index in [0.29, 0.717) is 17.1 Å². The second kappa shape index (κ2) is 4.75. The first kappa shape index (κ1) is 12.3. The molecule has 2 amide bonds. The van der Waals surface area contributed by atoms with E-state index in [2.05, 4.69) is 5.32 Å². The highest BCUT2D eigenvalue weighted by molar-refractivity contribution is 5.75. The molecule has 0 fully saturated rings. The molecule has 2 aromatic rings. The van der Waals surface area contributed by atoms with Crippen LogP contribution in [-0.4, -0.2) is 11.1 Å². The van der Waals surface area contributed by atoms with Gasteiger partial charge in [-0.1, -0.05) is 24.3 Å². The van der Waals surface area contributed by atoms with Gasteiger partial charge in [-0.2, -0.15) is 0 Å². The van der Waals surface area contributed by atoms with E-state index < -0.39 is 12.1 Å². The number of benzene rings is 2. The average Bonchev–Trinajstić information content (AvgIpc) is 2.47. The second-order valence-electron chi connectivity index (χ2n) is 4.38. The Bertz CT molecular complexity index is 672. The molecule has 0 aliphatic carbocycles. The molecule has 0 bridgehead atoms. The molecule has 0 radical (unpaired) electrons. The molecule has 1 heterocycles. The highest BCUT2D eigenvalue weighted by Crippen LogP contribution is 2.46. The summed E-state index contributed by atoms with van der Waals surface area (Å²) in [6.45, 7) is 0. The zero-order valence-electron chi connectivity index (χ0n) is 10.5. The maximum absolute atomic E-state index is 11.5. The Labute approximate surface area is 115 Å². The van der Waals surface area contributed by atoms with E-state index in [9.17, 15) is 9.90 Å². The van der Waals surface area contributed by atoms with Gasteiger partial charge in [-0.05, 0) is 18.2 Å². The van der Waals surface area contributed by atoms with Crippen molar-refractivity contribution < 1.29 is 14.6 Å². The third kappa shape index (κ3) is 1.92. The fraction of sp³-hybridized carbons (Fsp3) is 0.0714. The van der Waals surface area contributed by atoms with Crippen molar-refractivity contribution >= 4 is 6.03 Å². The number of fused-ring (bicyclic) bond motifs is 2. The van der Waals surface area contributed by atoms with Gasteiger partial charge in [-0.15, -0.1) is 0 Å². The summed E-state index contributed by atoms with van der Waals surface area (Å²) >= 11 is 0. The van der Waals surface area contributed by atoms with Gasteiger partial charge in [-0.3, -0.25) is 5.43 Å². The summed E-state index contributed by atoms with van der Waals surface area (Å²) in [4.78, 5) is 11.5. The van der Waals surface area contributed by atoms with E-state index in [4.69, 9.17) is 10.6 Å². The maximum Gasteiger partial charge on any atom is 0.329 e. The van der Waals surface area contributed by atoms with Crippen molar-refractivity contribution in [2.75, 3.05) is 0 Å². The van der Waals surface area contributed by atoms with Crippen LogP contribution in [0.3, 0.4) is 0 Å². The number of hydrazine groups is 1. The van der Waals surface area contributed by atoms with Crippen LogP contribution < -0.4 is 21.3 Å². The molecule has 0 aromatic heterocycles. The van der Waals surface area contributed by atoms with E-state index in [0.717, 1.165) is 5.56 Å². The molecule has 1 aliphatic rings. The normalized spacial score (nSPS) is 15.6. The molecule has 20 heavy (non-hydrogen) atoms. The van der Waals surface area contributed by atoms with Crippen LogP contribution in [0.15, 0.2) is 42.5 Å². The van der Waals surface area contributed by atoms with E-state index >= 15 is 0 Å². The number of urea groups is 1. The van der Waals surface area contributed by atoms with Crippen LogP contribution >= 0.6 is 0 Å². The Balaban J connectivity index is 2.14. The van der Waals surface area contributed by atoms with Gasteiger partial charge in [0.15, 0.2) is 0 Å². The first-order chi connectivity index (χ1) is 9.70. The van der Waals surface area contributed by atoms with Crippen molar-refractivity contribution in [1.29, 1.82) is 0 Å². The molecule has 1 aliphatic heterocycles. The van der Waals surface area contributed by atoms with Crippen LogP contribution in [0.5, 0.6) is 17.2 Å². The fourth-order valence-electron chi connectivity index (χ4n) is 2.32. The molecular weight excluding hydrogens is 258 g/mol. The van der Waals surface area contributed by atoms with Crippen LogP contribution in [-0.2, 0) is 0 Å². The number of carbonyl (C=O) groups is 1. The number of amides is 2. The minimum Gasteiger partial charge on any atom is -0.507 e. The van der Waals surface area contributed by atoms with Crippen molar-refractivity contribution in [3.05, 3.63) is 53.6 Å². The highest BCUT2D eigenvalue weighted by atomic mass is 16.5. The summed E-state index contributed by atoms with van der Waals surface area (Å²) in [7, 11) is 0. The number of ether oxygens (including phenoxy) is 1. The first-order valence-corrected chi connectivity index (χ1v) is 6.06. The first-order valence-electron chi connectivity index (χ1n) is 6.06. The fourth-order valence-corrected chi connectivity index (χ4v) is 2.32. The Morgan fingerprint density at radius 1 is 1.15 bits per heavy atom. The lowest BCUT2D eigenvalue weighted by Gasteiger charge is -2.29. The molecule has 1 atom stereocenters. The number of nitrogens with one attached hydrogen (secondary N) is 2. The summed E-state index contributed by atoms with van der Waals surface area (Å²) in [6, 6.07) is 11.2. The summed E-state index contributed by atoms with van der Waals surface area (Å²) in [5.74, 6) is 6.30. The van der Waals surface area contributed by atoms with Crippen molar-refractivity contribution in [3.8, 4) is 17.2 Å². The molecule has 1 unspecified atom stereocenters. The van der Waals surface area contributed by atoms with E-state index in [1.807, 2.05) is 23.6 Å². The Kier molecular flexibility index (Phi) is 2.92. The van der Waals surface area contributed by atoms with Gasteiger partial charge in [0.2, 0.25) is 0 Å². The van der Waals surface area contributed by atoms with Crippen LogP contribution in [0.1, 0.15) is 17.2 Å². The van der Waals surface area contributed by atoms with Crippen LogP contribution in [0.25, 0.3) is 0 Å². The molecule has 6 heteroatoms. The van der Waals surface area contributed by atoms with E-state index in [1.165, 1.54) is 0 Å². The number of rotatable bonds is 1. The number of hydrogen-bond acceptors (Lipinski definition) is 4. The minimum atomic E-state index is -0.541. The summed E-state index contributed by atoms with van der Waals surface area (Å²) in [5, 5.41) is 12.8. The molecule has 0 saturated carbocycles. The zero-order chi connectivity index (χ0) is 14.1. The van der Waals surface area contributed by atoms with Crippen LogP contribution in [0, 0.1) is 0 Å². The molecule has 6 nitrogen and oxygen atoms in total. The van der Waals surface area contributed by atoms with Crippen molar-refractivity contribution in [2.24, 2.45) is 5.84 Å². The molecule has 102 valence electrons. The topological polar surface area (TPSA) is 96.6 Å². The van der Waals surface area contributed by atoms with Gasteiger partial charge >= 0.3 is 6.03 Å². The van der Waals surface area contributed by atoms with E-state index in [-0.39, 0.29) is 5.75 Å². The van der Waals surface area contributed by atoms with Gasteiger partial charge in [0.1, 0.15) is 17.2 Å². The van der Waals surface area contributed by atoms with Gasteiger partial charge in [0.05, 0.1) is 11.6 Å². The summed E-state index contributed by atoms with van der Waals surface area (Å²) in [6.07, 6.45) is 0. The number of carbonyl (C=O) groups excluding carboxylic acids is 1. The molecule has 0 spiro atoms. The van der Waals surface area contributed by atoms with Gasteiger partial charge in [0.25, 0.3) is 0 Å². The lowest BCUT2D eigenvalue weighted by atomic mass is 9.94. The van der Waals surface area contributed by atoms with E-state index in [1.54, 1.807) is 24.3 Å². The lowest BCUT2D eigenvalue weighted by Crippen LogP contribution is -2.42. The highest BCUT2D eigenvalue weighted by Gasteiger charge is 2.30. The number of hydrogen-bond donors (Lipinski definition) is 4. The minimum absolute atomic E-state index is 0.0549. The standard InChI is InChI=1S/C14H13N3O3/c15-17-14(19)16-13-8-4-1-2-6-10(8)20-11-7-3-5-9(18)12(11)13/h1-7,13,18H,15H2,(H2,16,17,19). The predicted molar refractivity (Wildman–Crippen MR) is 72.3 cm³/mol. The molecule has 2 aromatic carbocycles. The Morgan fingerprint density at radius 3 is 2.70 bits per heavy atom. The number of nitrogens with two attached hydrogens (primary N) is 1. The molecule has 0 saturated heterocycles. The maximum atomic E-state index is 11.5. The molecule has 3 rings (SSSR count). The summed E-state index contributed by atoms with van der Waals surface area (Å²) < 4.78 is 5.74. The van der Waals surface area contributed by atoms with Crippen molar-refractivity contribution in [1.82, 2.24) is 10.7 Å². The van der Waals surface area contributed by atoms with Crippen molar-refractivity contribution in [2.45, 2.75) is 6.04 Å². The predicted octanol–water partition coefficient (Wildman–Crippen LogP) is 1.76. The molecular formula is C14H13N3O3. The smallest absolute Gasteiger partial charge is 0.329 e. The summed E-state index contributed by atoms with van der Waals surface area (Å²) in [5.41, 5.74) is 3.28. The average molecular weight is 271 g/mol. The zero-order valence-corrected chi connectivity index (χ0v) is 10.5. The van der Waals surface area contributed by atoms with Gasteiger partial charge in [0, 0.05) is 5.56 Å². The monoisotopic (exact) mass is 271 g/mol. The number of phenols is 1. The Hall–Kier alpha value is -2.73. The van der Waals surface area contributed by atoms with Gasteiger partial charge < -0.3 is 15.2 Å². The number of phenolic OH excluding ortho intramolecular Hbond substituents is 1. The largest absolute Gasteiger partial charge is 0.507 e. The quantitative estimate of drug-likeness (QED) is 0.361. The number of para-hydroxylation sites is 1. The van der Waals surface area contributed by atoms with Gasteiger partial charge in [-0.25, -0.2) is 10.6 Å². The number of aromatic hydroxyl groups is 1. The molecule has 5 N–H and O–H groups in total. The third-order valence-electron chi connectivity index (χ3n) is 3.19. The lowest BCUT2D eigenvalue weighted by molar-refractivity contribution is 0.238. The van der Waals surface area contributed by atoms with Crippen LogP contribution in [0.2, 0.25) is 0 Å². The van der Waals surface area contributed by atoms with Crippen molar-refractivity contribution in [3.63, 3.8) is 0 Å². The second-order valence-corrected chi connectivity index (χ2v) is 4.38. The SMILES string of the molecule is NNC(=O)NC1c2ccccc2Oc2cccc(O)c21.